The van der Waals surface area contributed by atoms with Crippen LogP contribution in [0.4, 0.5) is 0 Å². The molecule has 0 unspecified atom stereocenters. The molecule has 0 amide bonds. The van der Waals surface area contributed by atoms with Gasteiger partial charge in [0.15, 0.2) is 17.5 Å². The van der Waals surface area contributed by atoms with Crippen molar-refractivity contribution >= 4 is 44.8 Å². The zero-order valence-electron chi connectivity index (χ0n) is 26.6. The smallest absolute Gasteiger partial charge is 0.164 e. The van der Waals surface area contributed by atoms with E-state index >= 15 is 0 Å². The summed E-state index contributed by atoms with van der Waals surface area (Å²) < 4.78 is 2.51. The van der Waals surface area contributed by atoms with Crippen LogP contribution in [-0.4, -0.2) is 23.0 Å². The van der Waals surface area contributed by atoms with Gasteiger partial charge in [-0.15, -0.1) is 11.3 Å². The third-order valence-electron chi connectivity index (χ3n) is 8.71. The van der Waals surface area contributed by atoms with Gasteiger partial charge in [-0.05, 0) is 46.5 Å². The highest BCUT2D eigenvalue weighted by atomic mass is 32.1. The highest BCUT2D eigenvalue weighted by Gasteiger charge is 2.17. The maximum atomic E-state index is 5.07. The molecule has 6 aromatic carbocycles. The van der Waals surface area contributed by atoms with E-state index in [0.717, 1.165) is 27.8 Å². The summed E-state index contributed by atoms with van der Waals surface area (Å²) in [6.07, 6.45) is 0. The van der Waals surface area contributed by atoms with Crippen LogP contribution < -0.4 is 5.19 Å². The fourth-order valence-corrected chi connectivity index (χ4v) is 8.41. The van der Waals surface area contributed by atoms with Gasteiger partial charge >= 0.3 is 0 Å². The molecule has 0 aliphatic rings. The Labute approximate surface area is 280 Å². The lowest BCUT2D eigenvalue weighted by Crippen LogP contribution is -2.37. The normalized spacial score (nSPS) is 11.7. The van der Waals surface area contributed by atoms with Crippen molar-refractivity contribution in [1.29, 1.82) is 0 Å². The Morgan fingerprint density at radius 2 is 0.872 bits per heavy atom. The van der Waals surface area contributed by atoms with Crippen molar-refractivity contribution in [3.8, 4) is 56.4 Å². The molecule has 226 valence electrons. The number of benzene rings is 6. The molecule has 8 aromatic rings. The van der Waals surface area contributed by atoms with Gasteiger partial charge in [-0.1, -0.05) is 146 Å². The van der Waals surface area contributed by atoms with Crippen LogP contribution >= 0.6 is 11.3 Å². The van der Waals surface area contributed by atoms with Gasteiger partial charge in [0.25, 0.3) is 0 Å². The summed E-state index contributed by atoms with van der Waals surface area (Å²) in [5, 5.41) is 4.01. The molecule has 0 saturated carbocycles. The highest BCUT2D eigenvalue weighted by Crippen LogP contribution is 2.36. The van der Waals surface area contributed by atoms with Crippen molar-refractivity contribution in [3.63, 3.8) is 0 Å². The predicted molar refractivity (Wildman–Crippen MR) is 203 cm³/mol. The Balaban J connectivity index is 1.20. The van der Waals surface area contributed by atoms with Gasteiger partial charge in [-0.3, -0.25) is 0 Å². The highest BCUT2D eigenvalue weighted by molar-refractivity contribution is 7.25. The topological polar surface area (TPSA) is 38.7 Å². The van der Waals surface area contributed by atoms with Crippen LogP contribution in [0, 0.1) is 0 Å². The molecule has 5 heteroatoms. The summed E-state index contributed by atoms with van der Waals surface area (Å²) in [6, 6.07) is 51.7. The molecule has 0 spiro atoms. The van der Waals surface area contributed by atoms with Gasteiger partial charge in [-0.25, -0.2) is 15.0 Å². The zero-order valence-corrected chi connectivity index (χ0v) is 28.4. The lowest BCUT2D eigenvalue weighted by molar-refractivity contribution is 1.07. The van der Waals surface area contributed by atoms with Crippen molar-refractivity contribution in [3.05, 3.63) is 146 Å². The Morgan fingerprint density at radius 3 is 1.55 bits per heavy atom. The number of aromatic nitrogens is 3. The molecule has 8 rings (SSSR count). The Bertz CT molecular complexity index is 2390. The molecular weight excluding hydrogens is 607 g/mol. The lowest BCUT2D eigenvalue weighted by atomic mass is 9.98. The van der Waals surface area contributed by atoms with E-state index in [4.69, 9.17) is 15.0 Å². The summed E-state index contributed by atoms with van der Waals surface area (Å²) in [6.45, 7) is 7.16. The maximum absolute atomic E-state index is 5.07. The van der Waals surface area contributed by atoms with Crippen LogP contribution in [0.15, 0.2) is 146 Å². The van der Waals surface area contributed by atoms with Gasteiger partial charge < -0.3 is 0 Å². The van der Waals surface area contributed by atoms with E-state index in [1.165, 1.54) is 36.5 Å². The van der Waals surface area contributed by atoms with Gasteiger partial charge in [0, 0.05) is 36.9 Å². The zero-order chi connectivity index (χ0) is 32.0. The molecule has 0 aliphatic carbocycles. The molecule has 0 N–H and O–H groups in total. The van der Waals surface area contributed by atoms with Crippen molar-refractivity contribution < 1.29 is 0 Å². The maximum Gasteiger partial charge on any atom is 0.164 e. The van der Waals surface area contributed by atoms with Crippen molar-refractivity contribution in [2.24, 2.45) is 0 Å². The number of hydrogen-bond acceptors (Lipinski definition) is 4. The quantitative estimate of drug-likeness (QED) is 0.170. The first-order valence-electron chi connectivity index (χ1n) is 15.9. The molecule has 47 heavy (non-hydrogen) atoms. The minimum absolute atomic E-state index is 0.658. The van der Waals surface area contributed by atoms with E-state index in [2.05, 4.69) is 147 Å². The minimum atomic E-state index is -1.35. The molecule has 0 saturated heterocycles. The minimum Gasteiger partial charge on any atom is -0.208 e. The van der Waals surface area contributed by atoms with E-state index < -0.39 is 8.07 Å². The Hall–Kier alpha value is -5.23. The second kappa shape index (κ2) is 11.8. The van der Waals surface area contributed by atoms with Gasteiger partial charge in [0.1, 0.15) is 0 Å². The third-order valence-corrected chi connectivity index (χ3v) is 11.9. The van der Waals surface area contributed by atoms with Crippen LogP contribution in [0.1, 0.15) is 0 Å². The number of thiophene rings is 1. The lowest BCUT2D eigenvalue weighted by Gasteiger charge is -2.17. The first kappa shape index (κ1) is 29.2. The average Bonchev–Trinajstić information content (AvgIpc) is 3.50. The number of hydrogen-bond donors (Lipinski definition) is 0. The summed E-state index contributed by atoms with van der Waals surface area (Å²) >= 11 is 1.80. The van der Waals surface area contributed by atoms with E-state index in [9.17, 15) is 0 Å². The molecule has 0 atom stereocenters. The molecule has 3 nitrogen and oxygen atoms in total. The van der Waals surface area contributed by atoms with E-state index in [-0.39, 0.29) is 0 Å². The van der Waals surface area contributed by atoms with E-state index in [0.29, 0.717) is 17.5 Å². The second-order valence-electron chi connectivity index (χ2n) is 13.0. The molecule has 2 aromatic heterocycles. The van der Waals surface area contributed by atoms with Gasteiger partial charge in [0.05, 0.1) is 8.07 Å². The Morgan fingerprint density at radius 1 is 0.383 bits per heavy atom. The monoisotopic (exact) mass is 639 g/mol. The molecule has 0 aliphatic heterocycles. The average molecular weight is 640 g/mol. The van der Waals surface area contributed by atoms with Crippen molar-refractivity contribution in [2.45, 2.75) is 19.6 Å². The first-order valence-corrected chi connectivity index (χ1v) is 20.3. The van der Waals surface area contributed by atoms with Crippen LogP contribution in [0.25, 0.3) is 76.6 Å². The first-order chi connectivity index (χ1) is 22.9. The van der Waals surface area contributed by atoms with Crippen LogP contribution in [0.2, 0.25) is 19.6 Å². The van der Waals surface area contributed by atoms with Gasteiger partial charge in [-0.2, -0.15) is 0 Å². The third kappa shape index (κ3) is 5.80. The SMILES string of the molecule is C[Si](C)(C)c1ccc(-c2cccc(-c3cccc(-c4nc(-c5ccccc5)nc(-c5ccc6c(c5)sc5ccccc56)n4)c3)c2)cc1. The van der Waals surface area contributed by atoms with E-state index in [1.54, 1.807) is 11.3 Å². The summed E-state index contributed by atoms with van der Waals surface area (Å²) in [7, 11) is -1.35. The molecule has 0 fully saturated rings. The molecular formula is C42H33N3SSi. The number of rotatable bonds is 6. The fraction of sp³-hybridized carbons (Fsp3) is 0.0714. The van der Waals surface area contributed by atoms with Crippen molar-refractivity contribution in [1.82, 2.24) is 15.0 Å². The number of nitrogens with zero attached hydrogens (tertiary/aromatic N) is 3. The fourth-order valence-electron chi connectivity index (χ4n) is 6.09. The van der Waals surface area contributed by atoms with Crippen LogP contribution in [0.3, 0.4) is 0 Å². The summed E-state index contributed by atoms with van der Waals surface area (Å²) in [4.78, 5) is 15.1. The molecule has 0 radical (unpaired) electrons. The molecule has 0 bridgehead atoms. The van der Waals surface area contributed by atoms with Gasteiger partial charge in [0.2, 0.25) is 0 Å². The molecule has 2 heterocycles. The standard InChI is InChI=1S/C42H33N3SSi/c1-47(2,3)35-22-19-28(20-23-35)30-13-9-14-31(25-30)32-15-10-16-33(26-32)41-43-40(29-11-5-4-6-12-29)44-42(45-41)34-21-24-37-36-17-7-8-18-38(36)46-39(37)27-34/h4-27H,1-3H3. The predicted octanol–water partition coefficient (Wildman–Crippen LogP) is 11.1. The Kier molecular flexibility index (Phi) is 7.36. The second-order valence-corrected chi connectivity index (χ2v) is 19.1. The summed E-state index contributed by atoms with van der Waals surface area (Å²) in [5.74, 6) is 1.99. The summed E-state index contributed by atoms with van der Waals surface area (Å²) in [5.41, 5.74) is 7.62. The van der Waals surface area contributed by atoms with E-state index in [1.807, 2.05) is 18.2 Å². The largest absolute Gasteiger partial charge is 0.208 e. The van der Waals surface area contributed by atoms with Crippen LogP contribution in [-0.2, 0) is 0 Å². The van der Waals surface area contributed by atoms with Crippen molar-refractivity contribution in [2.75, 3.05) is 0 Å². The number of fused-ring (bicyclic) bond motifs is 3. The van der Waals surface area contributed by atoms with Crippen LogP contribution in [0.5, 0.6) is 0 Å².